The average molecular weight is 433 g/mol. The summed E-state index contributed by atoms with van der Waals surface area (Å²) < 4.78 is 1.80. The van der Waals surface area contributed by atoms with Crippen LogP contribution in [-0.2, 0) is 16.1 Å². The molecule has 4 rings (SSSR count). The molecule has 0 aromatic carbocycles. The Morgan fingerprint density at radius 2 is 2.00 bits per heavy atom. The molecule has 3 heterocycles. The van der Waals surface area contributed by atoms with Gasteiger partial charge in [-0.15, -0.1) is 0 Å². The number of hydrogen-bond donors (Lipinski definition) is 2. The minimum atomic E-state index is -0.248. The van der Waals surface area contributed by atoms with E-state index in [2.05, 4.69) is 25.5 Å². The van der Waals surface area contributed by atoms with Crippen molar-refractivity contribution in [2.45, 2.75) is 57.5 Å². The maximum atomic E-state index is 12.9. The van der Waals surface area contributed by atoms with E-state index in [-0.39, 0.29) is 35.9 Å². The van der Waals surface area contributed by atoms with Crippen molar-refractivity contribution in [1.29, 1.82) is 0 Å². The SMILES string of the molecule is CNC(=O)[C@@H]1CCCN(c2nc3ncn(CC(=O)NC4CCCCC4)c(=O)c3s2)C1. The van der Waals surface area contributed by atoms with Crippen LogP contribution in [0.15, 0.2) is 11.1 Å². The lowest BCUT2D eigenvalue weighted by Crippen LogP contribution is -2.42. The summed E-state index contributed by atoms with van der Waals surface area (Å²) in [6.45, 7) is 1.34. The van der Waals surface area contributed by atoms with E-state index in [1.165, 1.54) is 28.7 Å². The highest BCUT2D eigenvalue weighted by Crippen LogP contribution is 2.29. The van der Waals surface area contributed by atoms with Crippen molar-refractivity contribution in [1.82, 2.24) is 25.2 Å². The molecule has 162 valence electrons. The number of carbonyl (C=O) groups excluding carboxylic acids is 2. The molecule has 2 aromatic heterocycles. The van der Waals surface area contributed by atoms with Gasteiger partial charge in [-0.1, -0.05) is 30.6 Å². The van der Waals surface area contributed by atoms with E-state index in [9.17, 15) is 14.4 Å². The maximum Gasteiger partial charge on any atom is 0.273 e. The van der Waals surface area contributed by atoms with Gasteiger partial charge in [0.05, 0.1) is 5.92 Å². The summed E-state index contributed by atoms with van der Waals surface area (Å²) >= 11 is 1.28. The van der Waals surface area contributed by atoms with Gasteiger partial charge < -0.3 is 15.5 Å². The molecule has 1 saturated heterocycles. The maximum absolute atomic E-state index is 12.9. The van der Waals surface area contributed by atoms with E-state index in [0.717, 1.165) is 45.1 Å². The van der Waals surface area contributed by atoms with Gasteiger partial charge in [-0.05, 0) is 25.7 Å². The lowest BCUT2D eigenvalue weighted by atomic mass is 9.95. The first-order valence-electron chi connectivity index (χ1n) is 10.7. The van der Waals surface area contributed by atoms with E-state index in [1.54, 1.807) is 7.05 Å². The molecule has 0 radical (unpaired) electrons. The molecule has 2 aromatic rings. The summed E-state index contributed by atoms with van der Waals surface area (Å²) in [7, 11) is 1.65. The van der Waals surface area contributed by atoms with Gasteiger partial charge in [0.2, 0.25) is 11.8 Å². The molecule has 2 aliphatic rings. The minimum absolute atomic E-state index is 0.0327. The number of rotatable bonds is 5. The monoisotopic (exact) mass is 432 g/mol. The number of nitrogens with zero attached hydrogens (tertiary/aromatic N) is 4. The molecule has 1 atom stereocenters. The summed E-state index contributed by atoms with van der Waals surface area (Å²) in [5, 5.41) is 6.45. The normalized spacial score (nSPS) is 20.3. The molecule has 1 saturated carbocycles. The molecule has 2 amide bonds. The summed E-state index contributed by atoms with van der Waals surface area (Å²) in [5.74, 6) is -0.200. The Kier molecular flexibility index (Phi) is 6.31. The van der Waals surface area contributed by atoms with Crippen LogP contribution in [0.1, 0.15) is 44.9 Å². The third-order valence-corrected chi connectivity index (χ3v) is 7.06. The van der Waals surface area contributed by atoms with Gasteiger partial charge in [-0.3, -0.25) is 19.0 Å². The van der Waals surface area contributed by atoms with Crippen molar-refractivity contribution < 1.29 is 9.59 Å². The molecular weight excluding hydrogens is 404 g/mol. The highest BCUT2D eigenvalue weighted by Gasteiger charge is 2.27. The van der Waals surface area contributed by atoms with Crippen LogP contribution in [0.25, 0.3) is 10.3 Å². The first kappa shape index (κ1) is 20.8. The van der Waals surface area contributed by atoms with Crippen LogP contribution in [0.4, 0.5) is 5.13 Å². The van der Waals surface area contributed by atoms with Crippen molar-refractivity contribution in [3.63, 3.8) is 0 Å². The highest BCUT2D eigenvalue weighted by atomic mass is 32.1. The number of nitrogens with one attached hydrogen (secondary N) is 2. The second kappa shape index (κ2) is 9.11. The first-order valence-corrected chi connectivity index (χ1v) is 11.5. The second-order valence-corrected chi connectivity index (χ2v) is 9.11. The number of piperidine rings is 1. The molecule has 2 N–H and O–H groups in total. The fourth-order valence-corrected chi connectivity index (χ4v) is 5.33. The summed E-state index contributed by atoms with van der Waals surface area (Å²) in [6, 6.07) is 0.209. The van der Waals surface area contributed by atoms with Gasteiger partial charge in [0.15, 0.2) is 10.8 Å². The number of anilines is 1. The number of hydrogen-bond acceptors (Lipinski definition) is 7. The minimum Gasteiger partial charge on any atom is -0.359 e. The fourth-order valence-electron chi connectivity index (χ4n) is 4.33. The van der Waals surface area contributed by atoms with Crippen LogP contribution in [0, 0.1) is 5.92 Å². The molecule has 30 heavy (non-hydrogen) atoms. The van der Waals surface area contributed by atoms with Crippen LogP contribution in [-0.4, -0.2) is 52.5 Å². The highest BCUT2D eigenvalue weighted by molar-refractivity contribution is 7.22. The quantitative estimate of drug-likeness (QED) is 0.736. The first-order chi connectivity index (χ1) is 14.5. The van der Waals surface area contributed by atoms with Crippen molar-refractivity contribution >= 4 is 38.6 Å². The van der Waals surface area contributed by atoms with Crippen LogP contribution in [0.2, 0.25) is 0 Å². The Hall–Kier alpha value is -2.49. The smallest absolute Gasteiger partial charge is 0.273 e. The van der Waals surface area contributed by atoms with Gasteiger partial charge in [0.1, 0.15) is 17.6 Å². The van der Waals surface area contributed by atoms with Gasteiger partial charge in [0.25, 0.3) is 5.56 Å². The van der Waals surface area contributed by atoms with Gasteiger partial charge in [-0.2, -0.15) is 4.98 Å². The van der Waals surface area contributed by atoms with E-state index in [1.807, 2.05) is 0 Å². The number of fused-ring (bicyclic) bond motifs is 1. The zero-order valence-electron chi connectivity index (χ0n) is 17.2. The third kappa shape index (κ3) is 4.48. The molecule has 2 fully saturated rings. The predicted molar refractivity (Wildman–Crippen MR) is 116 cm³/mol. The Bertz CT molecular complexity index is 981. The molecule has 1 aliphatic heterocycles. The van der Waals surface area contributed by atoms with Crippen LogP contribution >= 0.6 is 11.3 Å². The largest absolute Gasteiger partial charge is 0.359 e. The standard InChI is InChI=1S/C20H28N6O3S/c1-21-18(28)13-6-5-9-25(10-13)20-24-17-16(30-20)19(29)26(12-22-17)11-15(27)23-14-7-3-2-4-8-14/h12-14H,2-11H2,1H3,(H,21,28)(H,23,27)/t13-/m1/s1. The summed E-state index contributed by atoms with van der Waals surface area (Å²) in [4.78, 5) is 48.2. The number of carbonyl (C=O) groups is 2. The Morgan fingerprint density at radius 1 is 1.20 bits per heavy atom. The lowest BCUT2D eigenvalue weighted by Gasteiger charge is -2.31. The topological polar surface area (TPSA) is 109 Å². The molecule has 10 heteroatoms. The van der Waals surface area contributed by atoms with Crippen LogP contribution < -0.4 is 21.1 Å². The molecule has 9 nitrogen and oxygen atoms in total. The third-order valence-electron chi connectivity index (χ3n) is 5.97. The predicted octanol–water partition coefficient (Wildman–Crippen LogP) is 1.26. The number of amides is 2. The Morgan fingerprint density at radius 3 is 2.77 bits per heavy atom. The van der Waals surface area contributed by atoms with Crippen molar-refractivity contribution in [2.75, 3.05) is 25.0 Å². The summed E-state index contributed by atoms with van der Waals surface area (Å²) in [5.41, 5.74) is 0.147. The van der Waals surface area contributed by atoms with Crippen molar-refractivity contribution in [2.24, 2.45) is 5.92 Å². The zero-order valence-corrected chi connectivity index (χ0v) is 18.0. The van der Waals surface area contributed by atoms with Crippen LogP contribution in [0.5, 0.6) is 0 Å². The van der Waals surface area contributed by atoms with Gasteiger partial charge >= 0.3 is 0 Å². The Balaban J connectivity index is 1.48. The zero-order chi connectivity index (χ0) is 21.1. The molecular formula is C20H28N6O3S. The van der Waals surface area contributed by atoms with Crippen molar-refractivity contribution in [3.8, 4) is 0 Å². The van der Waals surface area contributed by atoms with E-state index in [4.69, 9.17) is 0 Å². The van der Waals surface area contributed by atoms with Crippen LogP contribution in [0.3, 0.4) is 0 Å². The number of thiazole rings is 1. The van der Waals surface area contributed by atoms with Gasteiger partial charge in [0, 0.05) is 26.2 Å². The molecule has 0 unspecified atom stereocenters. The molecule has 0 bridgehead atoms. The molecule has 0 spiro atoms. The second-order valence-electron chi connectivity index (χ2n) is 8.13. The van der Waals surface area contributed by atoms with E-state index >= 15 is 0 Å². The Labute approximate surface area is 178 Å². The van der Waals surface area contributed by atoms with E-state index in [0.29, 0.717) is 22.0 Å². The summed E-state index contributed by atoms with van der Waals surface area (Å²) in [6.07, 6.45) is 8.65. The average Bonchev–Trinajstić information content (AvgIpc) is 3.21. The van der Waals surface area contributed by atoms with Crippen molar-refractivity contribution in [3.05, 3.63) is 16.7 Å². The number of aromatic nitrogens is 3. The van der Waals surface area contributed by atoms with E-state index < -0.39 is 0 Å². The lowest BCUT2D eigenvalue weighted by molar-refractivity contribution is -0.125. The fraction of sp³-hybridized carbons (Fsp3) is 0.650. The van der Waals surface area contributed by atoms with Gasteiger partial charge in [-0.25, -0.2) is 4.98 Å². The molecule has 1 aliphatic carbocycles.